The van der Waals surface area contributed by atoms with Gasteiger partial charge in [0.05, 0.1) is 0 Å². The first-order chi connectivity index (χ1) is 13.8. The van der Waals surface area contributed by atoms with Crippen LogP contribution in [0.2, 0.25) is 0 Å². The summed E-state index contributed by atoms with van der Waals surface area (Å²) < 4.78 is 6.20. The minimum absolute atomic E-state index is 0.0857. The summed E-state index contributed by atoms with van der Waals surface area (Å²) in [5.41, 5.74) is 1.97. The van der Waals surface area contributed by atoms with Crippen LogP contribution in [0.5, 0.6) is 5.75 Å². The molecule has 0 aromatic heterocycles. The minimum atomic E-state index is -0.645. The maximum Gasteiger partial charge on any atom is 0.265 e. The number of piperazine rings is 1. The summed E-state index contributed by atoms with van der Waals surface area (Å²) in [4.78, 5) is 15.4. The summed E-state index contributed by atoms with van der Waals surface area (Å²) in [5.74, 6) is 0.687. The first-order valence-electron chi connectivity index (χ1n) is 10.3. The molecule has 150 valence electrons. The van der Waals surface area contributed by atoms with Gasteiger partial charge in [-0.25, -0.2) is 0 Å². The van der Waals surface area contributed by atoms with Gasteiger partial charge < -0.3 is 20.3 Å². The third-order valence-electron chi connectivity index (χ3n) is 5.10. The fourth-order valence-electron chi connectivity index (χ4n) is 3.48. The second kappa shape index (κ2) is 10.8. The first-order valence-corrected chi connectivity index (χ1v) is 10.3. The van der Waals surface area contributed by atoms with Gasteiger partial charge in [-0.1, -0.05) is 55.5 Å². The summed E-state index contributed by atoms with van der Waals surface area (Å²) in [7, 11) is 0. The van der Waals surface area contributed by atoms with E-state index in [4.69, 9.17) is 4.74 Å². The number of carbonyl (C=O) groups excluding carboxylic acids is 1. The van der Waals surface area contributed by atoms with E-state index in [-0.39, 0.29) is 5.91 Å². The lowest BCUT2D eigenvalue weighted by atomic mass is 10.1. The molecule has 2 aromatic carbocycles. The smallest absolute Gasteiger partial charge is 0.265 e. The predicted octanol–water partition coefficient (Wildman–Crippen LogP) is 2.78. The molecule has 0 radical (unpaired) electrons. The van der Waals surface area contributed by atoms with Crippen molar-refractivity contribution in [1.29, 1.82) is 0 Å². The Balaban J connectivity index is 1.60. The van der Waals surface area contributed by atoms with Crippen LogP contribution in [0.15, 0.2) is 54.6 Å². The number of hydrogen-bond acceptors (Lipinski definition) is 4. The molecule has 1 saturated heterocycles. The molecule has 5 heteroatoms. The molecule has 0 bridgehead atoms. The van der Waals surface area contributed by atoms with Crippen molar-refractivity contribution in [1.82, 2.24) is 15.5 Å². The van der Waals surface area contributed by atoms with Crippen molar-refractivity contribution in [2.75, 3.05) is 39.3 Å². The Morgan fingerprint density at radius 3 is 2.57 bits per heavy atom. The molecule has 1 aliphatic heterocycles. The molecule has 2 aromatic rings. The van der Waals surface area contributed by atoms with Gasteiger partial charge in [0.25, 0.3) is 5.91 Å². The van der Waals surface area contributed by atoms with Crippen LogP contribution in [0.1, 0.15) is 30.6 Å². The van der Waals surface area contributed by atoms with Gasteiger partial charge >= 0.3 is 0 Å². The predicted molar refractivity (Wildman–Crippen MR) is 113 cm³/mol. The van der Waals surface area contributed by atoms with Gasteiger partial charge in [-0.2, -0.15) is 0 Å². The third kappa shape index (κ3) is 5.81. The highest BCUT2D eigenvalue weighted by molar-refractivity contribution is 5.82. The number of amides is 1. The van der Waals surface area contributed by atoms with E-state index < -0.39 is 6.10 Å². The summed E-state index contributed by atoms with van der Waals surface area (Å²) in [6.45, 7) is 8.02. The SMILES string of the molecule is CCc1ccccc1OC(C(=O)NCCCN1CCNCC1)c1ccccc1. The fraction of sp³-hybridized carbons (Fsp3) is 0.435. The van der Waals surface area contributed by atoms with E-state index in [0.29, 0.717) is 6.54 Å². The molecule has 0 spiro atoms. The lowest BCUT2D eigenvalue weighted by Crippen LogP contribution is -2.44. The maximum absolute atomic E-state index is 12.9. The second-order valence-electron chi connectivity index (χ2n) is 7.11. The van der Waals surface area contributed by atoms with E-state index in [1.54, 1.807) is 0 Å². The minimum Gasteiger partial charge on any atom is -0.476 e. The van der Waals surface area contributed by atoms with Crippen LogP contribution in [0.4, 0.5) is 0 Å². The quantitative estimate of drug-likeness (QED) is 0.656. The van der Waals surface area contributed by atoms with E-state index in [2.05, 4.69) is 22.5 Å². The molecule has 1 heterocycles. The number of rotatable bonds is 9. The van der Waals surface area contributed by atoms with Crippen LogP contribution in [-0.4, -0.2) is 50.1 Å². The van der Waals surface area contributed by atoms with Crippen molar-refractivity contribution in [3.8, 4) is 5.75 Å². The molecule has 1 amide bonds. The van der Waals surface area contributed by atoms with Crippen molar-refractivity contribution < 1.29 is 9.53 Å². The molecular weight excluding hydrogens is 350 g/mol. The molecule has 1 fully saturated rings. The summed E-state index contributed by atoms with van der Waals surface area (Å²) in [6, 6.07) is 17.6. The normalized spacial score (nSPS) is 15.8. The Labute approximate surface area is 168 Å². The zero-order valence-corrected chi connectivity index (χ0v) is 16.7. The highest BCUT2D eigenvalue weighted by Gasteiger charge is 2.23. The number of hydrogen-bond donors (Lipinski definition) is 2. The standard InChI is InChI=1S/C23H31N3O2/c1-2-19-9-6-7-12-21(19)28-22(20-10-4-3-5-11-20)23(27)25-13-8-16-26-17-14-24-15-18-26/h3-7,9-12,22,24H,2,8,13-18H2,1H3,(H,25,27). The van der Waals surface area contributed by atoms with Crippen molar-refractivity contribution >= 4 is 5.91 Å². The summed E-state index contributed by atoms with van der Waals surface area (Å²) in [5, 5.41) is 6.43. The number of ether oxygens (including phenoxy) is 1. The van der Waals surface area contributed by atoms with E-state index in [1.165, 1.54) is 0 Å². The van der Waals surface area contributed by atoms with Crippen molar-refractivity contribution in [2.45, 2.75) is 25.9 Å². The van der Waals surface area contributed by atoms with Gasteiger partial charge in [-0.15, -0.1) is 0 Å². The Hall–Kier alpha value is -2.37. The van der Waals surface area contributed by atoms with Gasteiger partial charge in [0.1, 0.15) is 5.75 Å². The van der Waals surface area contributed by atoms with Crippen LogP contribution in [-0.2, 0) is 11.2 Å². The van der Waals surface area contributed by atoms with Crippen molar-refractivity contribution in [3.05, 3.63) is 65.7 Å². The van der Waals surface area contributed by atoms with Gasteiger partial charge in [0.2, 0.25) is 6.10 Å². The molecule has 3 rings (SSSR count). The molecule has 28 heavy (non-hydrogen) atoms. The maximum atomic E-state index is 12.9. The van der Waals surface area contributed by atoms with E-state index in [0.717, 1.165) is 62.4 Å². The highest BCUT2D eigenvalue weighted by atomic mass is 16.5. The lowest BCUT2D eigenvalue weighted by molar-refractivity contribution is -0.128. The van der Waals surface area contributed by atoms with Gasteiger partial charge in [0, 0.05) is 38.3 Å². The number of nitrogens with zero attached hydrogens (tertiary/aromatic N) is 1. The van der Waals surface area contributed by atoms with Gasteiger partial charge in [-0.3, -0.25) is 4.79 Å². The molecular formula is C23H31N3O2. The topological polar surface area (TPSA) is 53.6 Å². The average Bonchev–Trinajstić information content (AvgIpc) is 2.76. The van der Waals surface area contributed by atoms with Gasteiger partial charge in [-0.05, 0) is 31.0 Å². The van der Waals surface area contributed by atoms with E-state index in [1.807, 2.05) is 54.6 Å². The third-order valence-corrected chi connectivity index (χ3v) is 5.10. The van der Waals surface area contributed by atoms with Gasteiger partial charge in [0.15, 0.2) is 0 Å². The number of benzene rings is 2. The van der Waals surface area contributed by atoms with Crippen LogP contribution >= 0.6 is 0 Å². The summed E-state index contributed by atoms with van der Waals surface area (Å²) in [6.07, 6.45) is 1.16. The van der Waals surface area contributed by atoms with Crippen LogP contribution < -0.4 is 15.4 Å². The Kier molecular flexibility index (Phi) is 7.88. The zero-order chi connectivity index (χ0) is 19.6. The number of aryl methyl sites for hydroxylation is 1. The van der Waals surface area contributed by atoms with Crippen molar-refractivity contribution in [3.63, 3.8) is 0 Å². The molecule has 1 atom stereocenters. The Bertz CT molecular complexity index is 730. The highest BCUT2D eigenvalue weighted by Crippen LogP contribution is 2.26. The molecule has 5 nitrogen and oxygen atoms in total. The lowest BCUT2D eigenvalue weighted by Gasteiger charge is -2.27. The molecule has 0 aliphatic carbocycles. The Morgan fingerprint density at radius 1 is 1.11 bits per heavy atom. The number of nitrogens with one attached hydrogen (secondary N) is 2. The second-order valence-corrected chi connectivity index (χ2v) is 7.11. The Morgan fingerprint density at radius 2 is 1.82 bits per heavy atom. The van der Waals surface area contributed by atoms with E-state index in [9.17, 15) is 4.79 Å². The van der Waals surface area contributed by atoms with Crippen molar-refractivity contribution in [2.24, 2.45) is 0 Å². The largest absolute Gasteiger partial charge is 0.476 e. The molecule has 2 N–H and O–H groups in total. The molecule has 1 aliphatic rings. The van der Waals surface area contributed by atoms with E-state index >= 15 is 0 Å². The van der Waals surface area contributed by atoms with Crippen LogP contribution in [0, 0.1) is 0 Å². The van der Waals surface area contributed by atoms with Crippen LogP contribution in [0.25, 0.3) is 0 Å². The number of para-hydroxylation sites is 1. The zero-order valence-electron chi connectivity index (χ0n) is 16.7. The monoisotopic (exact) mass is 381 g/mol. The average molecular weight is 382 g/mol. The fourth-order valence-corrected chi connectivity index (χ4v) is 3.48. The first kappa shape index (κ1) is 20.4. The van der Waals surface area contributed by atoms with Crippen LogP contribution in [0.3, 0.4) is 0 Å². The molecule has 1 unspecified atom stereocenters. The molecule has 0 saturated carbocycles. The number of carbonyl (C=O) groups is 1. The summed E-state index contributed by atoms with van der Waals surface area (Å²) >= 11 is 0.